The molecule has 2 rings (SSSR count). The molecule has 0 amide bonds. The van der Waals surface area contributed by atoms with Gasteiger partial charge in [0.25, 0.3) is 0 Å². The van der Waals surface area contributed by atoms with Crippen LogP contribution in [-0.4, -0.2) is 0 Å². The van der Waals surface area contributed by atoms with Crippen molar-refractivity contribution in [3.63, 3.8) is 0 Å². The molecule has 2 nitrogen and oxygen atoms in total. The van der Waals surface area contributed by atoms with E-state index in [-0.39, 0.29) is 23.6 Å². The van der Waals surface area contributed by atoms with Crippen LogP contribution in [0.4, 0.5) is 18.9 Å². The minimum atomic E-state index is -1.09. The van der Waals surface area contributed by atoms with Gasteiger partial charge in [0.1, 0.15) is 12.4 Å². The van der Waals surface area contributed by atoms with Gasteiger partial charge in [-0.15, -0.1) is 0 Å². The normalized spacial score (nSPS) is 10.4. The Kier molecular flexibility index (Phi) is 3.41. The van der Waals surface area contributed by atoms with E-state index in [1.165, 1.54) is 24.3 Å². The predicted molar refractivity (Wildman–Crippen MR) is 61.5 cm³/mol. The second-order valence-electron chi connectivity index (χ2n) is 3.69. The summed E-state index contributed by atoms with van der Waals surface area (Å²) in [5, 5.41) is 0. The molecule has 0 saturated carbocycles. The van der Waals surface area contributed by atoms with Crippen LogP contribution >= 0.6 is 0 Å². The van der Waals surface area contributed by atoms with E-state index in [0.29, 0.717) is 0 Å². The van der Waals surface area contributed by atoms with Crippen molar-refractivity contribution >= 4 is 5.69 Å². The van der Waals surface area contributed by atoms with Crippen LogP contribution in [-0.2, 0) is 6.61 Å². The zero-order valence-corrected chi connectivity index (χ0v) is 9.29. The van der Waals surface area contributed by atoms with Gasteiger partial charge in [-0.1, -0.05) is 12.1 Å². The third-order valence-electron chi connectivity index (χ3n) is 2.38. The molecule has 0 bridgehead atoms. The fourth-order valence-corrected chi connectivity index (χ4v) is 1.43. The first-order valence-electron chi connectivity index (χ1n) is 5.18. The molecule has 5 heteroatoms. The zero-order chi connectivity index (χ0) is 13.1. The second-order valence-corrected chi connectivity index (χ2v) is 3.69. The molecule has 0 unspecified atom stereocenters. The molecule has 0 spiro atoms. The summed E-state index contributed by atoms with van der Waals surface area (Å²) in [6.07, 6.45) is 0. The summed E-state index contributed by atoms with van der Waals surface area (Å²) in [6, 6.07) is 7.64. The Labute approximate surface area is 102 Å². The summed E-state index contributed by atoms with van der Waals surface area (Å²) in [5.74, 6) is -2.91. The van der Waals surface area contributed by atoms with Crippen molar-refractivity contribution in [1.29, 1.82) is 0 Å². The van der Waals surface area contributed by atoms with E-state index in [0.717, 1.165) is 12.1 Å². The molecule has 0 fully saturated rings. The van der Waals surface area contributed by atoms with E-state index in [9.17, 15) is 13.2 Å². The molecule has 0 saturated heterocycles. The van der Waals surface area contributed by atoms with Crippen molar-refractivity contribution < 1.29 is 17.9 Å². The minimum Gasteiger partial charge on any atom is -0.486 e. The Morgan fingerprint density at radius 1 is 1.00 bits per heavy atom. The largest absolute Gasteiger partial charge is 0.486 e. The quantitative estimate of drug-likeness (QED) is 0.852. The van der Waals surface area contributed by atoms with Gasteiger partial charge in [0, 0.05) is 11.3 Å². The van der Waals surface area contributed by atoms with Crippen LogP contribution in [0.15, 0.2) is 36.4 Å². The number of nitrogens with two attached hydrogens (primary N) is 1. The summed E-state index contributed by atoms with van der Waals surface area (Å²) in [6.45, 7) is -0.202. The number of hydrogen-bond donors (Lipinski definition) is 1. The predicted octanol–water partition coefficient (Wildman–Crippen LogP) is 3.27. The lowest BCUT2D eigenvalue weighted by molar-refractivity contribution is 0.279. The SMILES string of the molecule is Nc1ccc(COc2cccc(F)c2F)c(F)c1. The Hall–Kier alpha value is -2.17. The number of benzene rings is 2. The van der Waals surface area contributed by atoms with E-state index in [2.05, 4.69) is 0 Å². The number of ether oxygens (including phenoxy) is 1. The van der Waals surface area contributed by atoms with Crippen molar-refractivity contribution in [2.75, 3.05) is 5.73 Å². The Morgan fingerprint density at radius 2 is 1.78 bits per heavy atom. The number of rotatable bonds is 3. The van der Waals surface area contributed by atoms with Gasteiger partial charge >= 0.3 is 0 Å². The third kappa shape index (κ3) is 2.56. The van der Waals surface area contributed by atoms with Gasteiger partial charge in [-0.25, -0.2) is 8.78 Å². The van der Waals surface area contributed by atoms with Gasteiger partial charge in [-0.2, -0.15) is 4.39 Å². The van der Waals surface area contributed by atoms with Crippen molar-refractivity contribution in [2.45, 2.75) is 6.61 Å². The van der Waals surface area contributed by atoms with Crippen LogP contribution in [0.3, 0.4) is 0 Å². The van der Waals surface area contributed by atoms with Crippen LogP contribution in [0.25, 0.3) is 0 Å². The summed E-state index contributed by atoms with van der Waals surface area (Å²) >= 11 is 0. The average molecular weight is 253 g/mol. The van der Waals surface area contributed by atoms with Crippen LogP contribution in [0.5, 0.6) is 5.75 Å². The van der Waals surface area contributed by atoms with Gasteiger partial charge in [-0.05, 0) is 24.3 Å². The van der Waals surface area contributed by atoms with E-state index < -0.39 is 17.5 Å². The monoisotopic (exact) mass is 253 g/mol. The number of hydrogen-bond acceptors (Lipinski definition) is 2. The lowest BCUT2D eigenvalue weighted by Crippen LogP contribution is -2.01. The van der Waals surface area contributed by atoms with Gasteiger partial charge in [0.2, 0.25) is 5.82 Å². The molecule has 0 aromatic heterocycles. The molecule has 0 aliphatic heterocycles. The van der Waals surface area contributed by atoms with Gasteiger partial charge < -0.3 is 10.5 Å². The maximum Gasteiger partial charge on any atom is 0.200 e. The average Bonchev–Trinajstić information content (AvgIpc) is 2.33. The lowest BCUT2D eigenvalue weighted by atomic mass is 10.2. The van der Waals surface area contributed by atoms with Crippen molar-refractivity contribution in [3.05, 3.63) is 59.4 Å². The van der Waals surface area contributed by atoms with Gasteiger partial charge in [-0.3, -0.25) is 0 Å². The Morgan fingerprint density at radius 3 is 2.50 bits per heavy atom. The highest BCUT2D eigenvalue weighted by atomic mass is 19.2. The second kappa shape index (κ2) is 5.00. The fraction of sp³-hybridized carbons (Fsp3) is 0.0769. The molecule has 2 aromatic carbocycles. The molecule has 0 radical (unpaired) electrons. The molecule has 94 valence electrons. The lowest BCUT2D eigenvalue weighted by Gasteiger charge is -2.08. The smallest absolute Gasteiger partial charge is 0.200 e. The summed E-state index contributed by atoms with van der Waals surface area (Å²) in [5.41, 5.74) is 5.89. The highest BCUT2D eigenvalue weighted by Gasteiger charge is 2.10. The maximum absolute atomic E-state index is 13.4. The van der Waals surface area contributed by atoms with E-state index in [1.54, 1.807) is 0 Å². The van der Waals surface area contributed by atoms with Crippen LogP contribution in [0, 0.1) is 17.5 Å². The molecular weight excluding hydrogens is 243 g/mol. The number of anilines is 1. The summed E-state index contributed by atoms with van der Waals surface area (Å²) in [7, 11) is 0. The van der Waals surface area contributed by atoms with Crippen molar-refractivity contribution in [3.8, 4) is 5.75 Å². The molecule has 0 aliphatic carbocycles. The minimum absolute atomic E-state index is 0.202. The topological polar surface area (TPSA) is 35.2 Å². The Bertz CT molecular complexity index is 572. The molecule has 0 atom stereocenters. The van der Waals surface area contributed by atoms with Crippen LogP contribution in [0.1, 0.15) is 5.56 Å². The van der Waals surface area contributed by atoms with E-state index >= 15 is 0 Å². The van der Waals surface area contributed by atoms with E-state index in [4.69, 9.17) is 10.5 Å². The Balaban J connectivity index is 2.14. The molecule has 0 aliphatic rings. The molecule has 18 heavy (non-hydrogen) atoms. The first kappa shape index (κ1) is 12.3. The summed E-state index contributed by atoms with van der Waals surface area (Å²) in [4.78, 5) is 0. The van der Waals surface area contributed by atoms with Gasteiger partial charge in [0.15, 0.2) is 11.6 Å². The number of halogens is 3. The molecule has 2 aromatic rings. The standard InChI is InChI=1S/C13H10F3NO/c14-10-2-1-3-12(13(10)16)18-7-8-4-5-9(17)6-11(8)15/h1-6H,7,17H2. The third-order valence-corrected chi connectivity index (χ3v) is 2.38. The van der Waals surface area contributed by atoms with Gasteiger partial charge in [0.05, 0.1) is 0 Å². The first-order chi connectivity index (χ1) is 8.58. The van der Waals surface area contributed by atoms with Crippen LogP contribution in [0.2, 0.25) is 0 Å². The highest BCUT2D eigenvalue weighted by molar-refractivity contribution is 5.40. The zero-order valence-electron chi connectivity index (χ0n) is 9.29. The first-order valence-corrected chi connectivity index (χ1v) is 5.18. The fourth-order valence-electron chi connectivity index (χ4n) is 1.43. The van der Waals surface area contributed by atoms with Crippen molar-refractivity contribution in [2.24, 2.45) is 0 Å². The number of nitrogen functional groups attached to an aromatic ring is 1. The highest BCUT2D eigenvalue weighted by Crippen LogP contribution is 2.21. The van der Waals surface area contributed by atoms with Crippen LogP contribution < -0.4 is 10.5 Å². The molecular formula is C13H10F3NO. The van der Waals surface area contributed by atoms with Crippen molar-refractivity contribution in [1.82, 2.24) is 0 Å². The summed E-state index contributed by atoms with van der Waals surface area (Å²) < 4.78 is 44.6. The molecule has 2 N–H and O–H groups in total. The van der Waals surface area contributed by atoms with E-state index in [1.807, 2.05) is 0 Å². The molecule has 0 heterocycles. The maximum atomic E-state index is 13.4.